The van der Waals surface area contributed by atoms with Crippen molar-refractivity contribution in [2.75, 3.05) is 13.1 Å². The van der Waals surface area contributed by atoms with Crippen LogP contribution in [0.3, 0.4) is 0 Å². The molecule has 1 aromatic carbocycles. The quantitative estimate of drug-likeness (QED) is 0.803. The van der Waals surface area contributed by atoms with E-state index >= 15 is 0 Å². The van der Waals surface area contributed by atoms with Crippen LogP contribution in [0.25, 0.3) is 0 Å². The van der Waals surface area contributed by atoms with Crippen LogP contribution in [0.1, 0.15) is 18.4 Å². The molecule has 0 amide bonds. The van der Waals surface area contributed by atoms with Crippen LogP contribution in [0.15, 0.2) is 22.7 Å². The summed E-state index contributed by atoms with van der Waals surface area (Å²) in [5.41, 5.74) is 0.751. The maximum Gasteiger partial charge on any atom is 0.125 e. The number of halogens is 1. The van der Waals surface area contributed by atoms with Crippen LogP contribution >= 0.6 is 28.1 Å². The van der Waals surface area contributed by atoms with E-state index in [-0.39, 0.29) is 5.75 Å². The van der Waals surface area contributed by atoms with E-state index in [4.69, 9.17) is 12.2 Å². The Hall–Kier alpha value is -0.610. The molecule has 1 N–H and O–H groups in total. The normalized spacial score (nSPS) is 15.7. The maximum atomic E-state index is 9.73. The predicted molar refractivity (Wildman–Crippen MR) is 68.3 cm³/mol. The number of thiocarbonyl (C=S) groups is 1. The first-order valence-corrected chi connectivity index (χ1v) is 6.16. The summed E-state index contributed by atoms with van der Waals surface area (Å²) in [5, 5.41) is 9.73. The molecule has 0 aliphatic carbocycles. The van der Waals surface area contributed by atoms with Crippen LogP contribution in [-0.2, 0) is 0 Å². The molecule has 4 heteroatoms. The van der Waals surface area contributed by atoms with Crippen LogP contribution in [0.2, 0.25) is 0 Å². The molecule has 0 atom stereocenters. The number of rotatable bonds is 1. The highest BCUT2D eigenvalue weighted by Crippen LogP contribution is 2.25. The molecule has 2 nitrogen and oxygen atoms in total. The van der Waals surface area contributed by atoms with Crippen LogP contribution in [0.4, 0.5) is 0 Å². The Morgan fingerprint density at radius 2 is 2.00 bits per heavy atom. The predicted octanol–water partition coefficient (Wildman–Crippen LogP) is 2.93. The minimum atomic E-state index is 0.259. The van der Waals surface area contributed by atoms with E-state index in [1.807, 2.05) is 12.1 Å². The van der Waals surface area contributed by atoms with Gasteiger partial charge in [0.2, 0.25) is 0 Å². The summed E-state index contributed by atoms with van der Waals surface area (Å²) in [6.45, 7) is 2.01. The summed E-state index contributed by atoms with van der Waals surface area (Å²) in [7, 11) is 0. The van der Waals surface area contributed by atoms with Gasteiger partial charge in [-0.15, -0.1) is 0 Å². The van der Waals surface area contributed by atoms with Gasteiger partial charge in [0.1, 0.15) is 10.7 Å². The molecule has 1 saturated heterocycles. The lowest BCUT2D eigenvalue weighted by Gasteiger charge is -2.19. The van der Waals surface area contributed by atoms with E-state index in [9.17, 15) is 5.11 Å². The van der Waals surface area contributed by atoms with Gasteiger partial charge in [-0.25, -0.2) is 0 Å². The number of aromatic hydroxyl groups is 1. The van der Waals surface area contributed by atoms with Gasteiger partial charge in [-0.1, -0.05) is 28.1 Å². The highest BCUT2D eigenvalue weighted by atomic mass is 79.9. The van der Waals surface area contributed by atoms with Gasteiger partial charge in [0.25, 0.3) is 0 Å². The maximum absolute atomic E-state index is 9.73. The van der Waals surface area contributed by atoms with Crippen molar-refractivity contribution in [3.05, 3.63) is 28.2 Å². The Labute approximate surface area is 103 Å². The molecule has 0 bridgehead atoms. The summed E-state index contributed by atoms with van der Waals surface area (Å²) in [6, 6.07) is 5.35. The lowest BCUT2D eigenvalue weighted by molar-refractivity contribution is 0.469. The Morgan fingerprint density at radius 3 is 2.67 bits per heavy atom. The second-order valence-corrected chi connectivity index (χ2v) is 4.96. The third kappa shape index (κ3) is 2.32. The molecule has 80 valence electrons. The molecule has 0 spiro atoms. The molecular weight excluding hydrogens is 274 g/mol. The van der Waals surface area contributed by atoms with E-state index in [2.05, 4.69) is 20.8 Å². The largest absolute Gasteiger partial charge is 0.507 e. The summed E-state index contributed by atoms with van der Waals surface area (Å²) in [5.74, 6) is 0.259. The molecular formula is C11H12BrNOS. The number of hydrogen-bond acceptors (Lipinski definition) is 2. The Kier molecular flexibility index (Phi) is 3.26. The van der Waals surface area contributed by atoms with Gasteiger partial charge in [0.15, 0.2) is 0 Å². The third-order valence-electron chi connectivity index (χ3n) is 2.58. The first kappa shape index (κ1) is 10.9. The van der Waals surface area contributed by atoms with Gasteiger partial charge in [-0.05, 0) is 31.0 Å². The standard InChI is InChI=1S/C11H12BrNOS/c12-8-3-4-10(14)9(7-8)11(15)13-5-1-2-6-13/h3-4,7,14H,1-2,5-6H2. The molecule has 0 aromatic heterocycles. The molecule has 1 aromatic rings. The first-order chi connectivity index (χ1) is 7.18. The minimum absolute atomic E-state index is 0.259. The number of likely N-dealkylation sites (tertiary alicyclic amines) is 1. The smallest absolute Gasteiger partial charge is 0.125 e. The Balaban J connectivity index is 2.27. The fourth-order valence-corrected chi connectivity index (χ4v) is 2.48. The third-order valence-corrected chi connectivity index (χ3v) is 3.55. The van der Waals surface area contributed by atoms with Gasteiger partial charge in [-0.3, -0.25) is 0 Å². The molecule has 1 aliphatic rings. The summed E-state index contributed by atoms with van der Waals surface area (Å²) in [4.78, 5) is 2.91. The summed E-state index contributed by atoms with van der Waals surface area (Å²) in [6.07, 6.45) is 2.38. The number of phenolic OH excluding ortho intramolecular Hbond substituents is 1. The highest BCUT2D eigenvalue weighted by Gasteiger charge is 2.18. The van der Waals surface area contributed by atoms with Crippen molar-refractivity contribution >= 4 is 33.1 Å². The fourth-order valence-electron chi connectivity index (χ4n) is 1.77. The number of hydrogen-bond donors (Lipinski definition) is 1. The highest BCUT2D eigenvalue weighted by molar-refractivity contribution is 9.10. The van der Waals surface area contributed by atoms with Crippen molar-refractivity contribution < 1.29 is 5.11 Å². The Morgan fingerprint density at radius 1 is 1.33 bits per heavy atom. The van der Waals surface area contributed by atoms with Crippen LogP contribution < -0.4 is 0 Å². The molecule has 15 heavy (non-hydrogen) atoms. The molecule has 0 unspecified atom stereocenters. The first-order valence-electron chi connectivity index (χ1n) is 4.96. The second-order valence-electron chi connectivity index (χ2n) is 3.66. The molecule has 1 heterocycles. The van der Waals surface area contributed by atoms with Crippen molar-refractivity contribution in [1.82, 2.24) is 4.90 Å². The van der Waals surface area contributed by atoms with E-state index in [0.717, 1.165) is 28.1 Å². The molecule has 0 saturated carbocycles. The zero-order chi connectivity index (χ0) is 10.8. The number of phenols is 1. The van der Waals surface area contributed by atoms with Crippen molar-refractivity contribution in [2.24, 2.45) is 0 Å². The molecule has 0 radical (unpaired) electrons. The average Bonchev–Trinajstić information content (AvgIpc) is 2.74. The number of nitrogens with zero attached hydrogens (tertiary/aromatic N) is 1. The van der Waals surface area contributed by atoms with E-state index < -0.39 is 0 Å². The monoisotopic (exact) mass is 285 g/mol. The zero-order valence-electron chi connectivity index (χ0n) is 8.24. The topological polar surface area (TPSA) is 23.5 Å². The van der Waals surface area contributed by atoms with Crippen molar-refractivity contribution in [3.63, 3.8) is 0 Å². The lowest BCUT2D eigenvalue weighted by Crippen LogP contribution is -2.26. The van der Waals surface area contributed by atoms with Gasteiger partial charge in [0, 0.05) is 17.6 Å². The molecule has 2 rings (SSSR count). The van der Waals surface area contributed by atoms with E-state index in [1.54, 1.807) is 6.07 Å². The minimum Gasteiger partial charge on any atom is -0.507 e. The lowest BCUT2D eigenvalue weighted by atomic mass is 10.2. The van der Waals surface area contributed by atoms with E-state index in [1.165, 1.54) is 12.8 Å². The van der Waals surface area contributed by atoms with Gasteiger partial charge >= 0.3 is 0 Å². The summed E-state index contributed by atoms with van der Waals surface area (Å²) < 4.78 is 0.942. The zero-order valence-corrected chi connectivity index (χ0v) is 10.6. The molecule has 1 aliphatic heterocycles. The van der Waals surface area contributed by atoms with Crippen LogP contribution in [0, 0.1) is 0 Å². The van der Waals surface area contributed by atoms with Crippen molar-refractivity contribution in [1.29, 1.82) is 0 Å². The van der Waals surface area contributed by atoms with Gasteiger partial charge < -0.3 is 10.0 Å². The van der Waals surface area contributed by atoms with Crippen molar-refractivity contribution in [2.45, 2.75) is 12.8 Å². The molecule has 1 fully saturated rings. The summed E-state index contributed by atoms with van der Waals surface area (Å²) >= 11 is 8.76. The average molecular weight is 286 g/mol. The second kappa shape index (κ2) is 4.49. The van der Waals surface area contributed by atoms with Crippen molar-refractivity contribution in [3.8, 4) is 5.75 Å². The fraction of sp³-hybridized carbons (Fsp3) is 0.364. The van der Waals surface area contributed by atoms with Crippen LogP contribution in [0.5, 0.6) is 5.75 Å². The van der Waals surface area contributed by atoms with Gasteiger partial charge in [-0.2, -0.15) is 0 Å². The number of benzene rings is 1. The van der Waals surface area contributed by atoms with Gasteiger partial charge in [0.05, 0.1) is 5.56 Å². The van der Waals surface area contributed by atoms with Crippen LogP contribution in [-0.4, -0.2) is 28.1 Å². The Bertz CT molecular complexity index is 388. The SMILES string of the molecule is Oc1ccc(Br)cc1C(=S)N1CCCC1. The van der Waals surface area contributed by atoms with E-state index in [0.29, 0.717) is 0 Å².